The first-order chi connectivity index (χ1) is 7.24. The molecule has 1 aliphatic heterocycles. The minimum absolute atomic E-state index is 0.00287. The Morgan fingerprint density at radius 1 is 1.73 bits per heavy atom. The van der Waals surface area contributed by atoms with Gasteiger partial charge in [-0.25, -0.2) is 10.5 Å². The lowest BCUT2D eigenvalue weighted by Gasteiger charge is -2.04. The van der Waals surface area contributed by atoms with Crippen molar-refractivity contribution in [3.05, 3.63) is 22.1 Å². The Labute approximate surface area is 89.6 Å². The van der Waals surface area contributed by atoms with Crippen molar-refractivity contribution in [3.63, 3.8) is 0 Å². The Morgan fingerprint density at radius 2 is 2.53 bits per heavy atom. The molecule has 15 heavy (non-hydrogen) atoms. The van der Waals surface area contributed by atoms with E-state index in [2.05, 4.69) is 15.3 Å². The summed E-state index contributed by atoms with van der Waals surface area (Å²) in [6.07, 6.45) is 1.28. The number of rotatable bonds is 2. The zero-order valence-corrected chi connectivity index (χ0v) is 8.84. The number of thioether (sulfide) groups is 1. The van der Waals surface area contributed by atoms with E-state index in [1.165, 1.54) is 29.6 Å². The van der Waals surface area contributed by atoms with Crippen molar-refractivity contribution in [2.75, 3.05) is 12.9 Å². The van der Waals surface area contributed by atoms with Gasteiger partial charge in [0.15, 0.2) is 5.16 Å². The number of carbonyl (C=O) groups is 1. The summed E-state index contributed by atoms with van der Waals surface area (Å²) in [4.78, 5) is 31.6. The highest BCUT2D eigenvalue weighted by molar-refractivity contribution is 7.99. The van der Waals surface area contributed by atoms with Crippen molar-refractivity contribution in [1.29, 1.82) is 0 Å². The number of nitrogens with zero attached hydrogens (tertiary/aromatic N) is 2. The molecule has 0 radical (unpaired) electrons. The van der Waals surface area contributed by atoms with E-state index in [1.54, 1.807) is 0 Å². The second kappa shape index (κ2) is 4.03. The van der Waals surface area contributed by atoms with Crippen molar-refractivity contribution in [3.8, 4) is 0 Å². The fourth-order valence-electron chi connectivity index (χ4n) is 1.32. The molecule has 1 aromatic heterocycles. The SMILES string of the molecule is CONC(=O)c1cnc2n(c1=O)CCS2. The van der Waals surface area contributed by atoms with Gasteiger partial charge in [-0.15, -0.1) is 0 Å². The van der Waals surface area contributed by atoms with Crippen LogP contribution < -0.4 is 11.0 Å². The maximum absolute atomic E-state index is 11.8. The highest BCUT2D eigenvalue weighted by atomic mass is 32.2. The van der Waals surface area contributed by atoms with Crippen LogP contribution in [0, 0.1) is 0 Å². The Hall–Kier alpha value is -1.34. The van der Waals surface area contributed by atoms with E-state index >= 15 is 0 Å². The van der Waals surface area contributed by atoms with E-state index in [0.717, 1.165) is 5.75 Å². The van der Waals surface area contributed by atoms with Gasteiger partial charge in [-0.2, -0.15) is 0 Å². The molecule has 2 rings (SSSR count). The molecule has 0 atom stereocenters. The molecule has 0 saturated heterocycles. The molecule has 1 aliphatic rings. The van der Waals surface area contributed by atoms with Crippen molar-refractivity contribution < 1.29 is 9.63 Å². The molecule has 0 unspecified atom stereocenters. The normalized spacial score (nSPS) is 13.7. The zero-order chi connectivity index (χ0) is 10.8. The predicted octanol–water partition coefficient (Wildman–Crippen LogP) is -0.360. The summed E-state index contributed by atoms with van der Waals surface area (Å²) < 4.78 is 1.50. The predicted molar refractivity (Wildman–Crippen MR) is 53.7 cm³/mol. The van der Waals surface area contributed by atoms with Gasteiger partial charge in [0.2, 0.25) is 0 Å². The van der Waals surface area contributed by atoms with Gasteiger partial charge in [0.05, 0.1) is 7.11 Å². The Morgan fingerprint density at radius 3 is 3.27 bits per heavy atom. The zero-order valence-electron chi connectivity index (χ0n) is 8.02. The molecular formula is C8H9N3O3S. The van der Waals surface area contributed by atoms with Crippen molar-refractivity contribution >= 4 is 17.7 Å². The fourth-order valence-corrected chi connectivity index (χ4v) is 2.23. The summed E-state index contributed by atoms with van der Waals surface area (Å²) in [5.41, 5.74) is 1.78. The van der Waals surface area contributed by atoms with Gasteiger partial charge >= 0.3 is 0 Å². The third kappa shape index (κ3) is 1.75. The van der Waals surface area contributed by atoms with Gasteiger partial charge in [0.25, 0.3) is 11.5 Å². The minimum Gasteiger partial charge on any atom is -0.286 e. The molecule has 0 aromatic carbocycles. The smallest absolute Gasteiger partial charge is 0.282 e. The van der Waals surface area contributed by atoms with Crippen LogP contribution in [0.15, 0.2) is 16.1 Å². The molecule has 0 spiro atoms. The van der Waals surface area contributed by atoms with Crippen LogP contribution in [-0.4, -0.2) is 28.3 Å². The third-order valence-corrected chi connectivity index (χ3v) is 2.97. The average molecular weight is 227 g/mol. The average Bonchev–Trinajstić information content (AvgIpc) is 2.67. The van der Waals surface area contributed by atoms with Crippen LogP contribution in [-0.2, 0) is 11.4 Å². The molecule has 80 valence electrons. The standard InChI is InChI=1S/C8H9N3O3S/c1-14-10-6(12)5-4-9-8-11(7(5)13)2-3-15-8/h4H,2-3H2,1H3,(H,10,12). The number of hydrogen-bond acceptors (Lipinski definition) is 5. The van der Waals surface area contributed by atoms with Crippen molar-refractivity contribution in [2.24, 2.45) is 0 Å². The molecule has 0 saturated carbocycles. The Kier molecular flexibility index (Phi) is 2.74. The summed E-state index contributed by atoms with van der Waals surface area (Å²) in [7, 11) is 1.31. The largest absolute Gasteiger partial charge is 0.286 e. The second-order valence-electron chi connectivity index (χ2n) is 2.90. The van der Waals surface area contributed by atoms with Crippen LogP contribution in [0.5, 0.6) is 0 Å². The fraction of sp³-hybridized carbons (Fsp3) is 0.375. The van der Waals surface area contributed by atoms with Crippen LogP contribution in [0.3, 0.4) is 0 Å². The topological polar surface area (TPSA) is 73.2 Å². The second-order valence-corrected chi connectivity index (χ2v) is 3.96. The van der Waals surface area contributed by atoms with Crippen LogP contribution >= 0.6 is 11.8 Å². The summed E-state index contributed by atoms with van der Waals surface area (Å²) in [6.45, 7) is 0.597. The van der Waals surface area contributed by atoms with Gasteiger partial charge in [0, 0.05) is 18.5 Å². The number of fused-ring (bicyclic) bond motifs is 1. The number of carbonyl (C=O) groups excluding carboxylic acids is 1. The first-order valence-corrected chi connectivity index (χ1v) is 5.28. The highest BCUT2D eigenvalue weighted by Crippen LogP contribution is 2.20. The first-order valence-electron chi connectivity index (χ1n) is 4.30. The molecule has 1 amide bonds. The lowest BCUT2D eigenvalue weighted by atomic mass is 10.3. The number of hydroxylamine groups is 1. The molecule has 0 aliphatic carbocycles. The van der Waals surface area contributed by atoms with E-state index in [-0.39, 0.29) is 11.1 Å². The van der Waals surface area contributed by atoms with Gasteiger partial charge in [-0.05, 0) is 0 Å². The van der Waals surface area contributed by atoms with E-state index in [4.69, 9.17) is 0 Å². The highest BCUT2D eigenvalue weighted by Gasteiger charge is 2.19. The number of hydrogen-bond donors (Lipinski definition) is 1. The van der Waals surface area contributed by atoms with Gasteiger partial charge < -0.3 is 0 Å². The molecule has 0 fully saturated rings. The molecule has 7 heteroatoms. The summed E-state index contributed by atoms with van der Waals surface area (Å²) in [5.74, 6) is 0.250. The van der Waals surface area contributed by atoms with Gasteiger partial charge in [0.1, 0.15) is 5.56 Å². The van der Waals surface area contributed by atoms with E-state index in [1.807, 2.05) is 0 Å². The van der Waals surface area contributed by atoms with Crippen LogP contribution in [0.1, 0.15) is 10.4 Å². The lowest BCUT2D eigenvalue weighted by molar-refractivity contribution is 0.0534. The van der Waals surface area contributed by atoms with Gasteiger partial charge in [-0.1, -0.05) is 11.8 Å². The summed E-state index contributed by atoms with van der Waals surface area (Å²) in [5, 5.41) is 0.661. The first kappa shape index (κ1) is 10.2. The molecule has 6 nitrogen and oxygen atoms in total. The molecule has 1 N–H and O–H groups in total. The van der Waals surface area contributed by atoms with Crippen LogP contribution in [0.4, 0.5) is 0 Å². The minimum atomic E-state index is -0.567. The maximum atomic E-state index is 11.8. The Balaban J connectivity index is 2.43. The van der Waals surface area contributed by atoms with E-state index < -0.39 is 5.91 Å². The van der Waals surface area contributed by atoms with E-state index in [0.29, 0.717) is 11.7 Å². The summed E-state index contributed by atoms with van der Waals surface area (Å²) >= 11 is 1.50. The number of nitrogens with one attached hydrogen (secondary N) is 1. The van der Waals surface area contributed by atoms with Crippen LogP contribution in [0.2, 0.25) is 0 Å². The molecule has 1 aromatic rings. The quantitative estimate of drug-likeness (QED) is 0.551. The molecular weight excluding hydrogens is 218 g/mol. The van der Waals surface area contributed by atoms with Crippen molar-refractivity contribution in [1.82, 2.24) is 15.0 Å². The monoisotopic (exact) mass is 227 g/mol. The Bertz CT molecular complexity index is 457. The van der Waals surface area contributed by atoms with E-state index in [9.17, 15) is 9.59 Å². The molecule has 2 heterocycles. The third-order valence-electron chi connectivity index (χ3n) is 2.00. The number of aromatic nitrogens is 2. The van der Waals surface area contributed by atoms with Crippen LogP contribution in [0.25, 0.3) is 0 Å². The van der Waals surface area contributed by atoms with Crippen molar-refractivity contribution in [2.45, 2.75) is 11.7 Å². The maximum Gasteiger partial charge on any atom is 0.282 e. The number of amides is 1. The van der Waals surface area contributed by atoms with Gasteiger partial charge in [-0.3, -0.25) is 19.0 Å². The summed E-state index contributed by atoms with van der Waals surface area (Å²) in [6, 6.07) is 0. The lowest BCUT2D eigenvalue weighted by Crippen LogP contribution is -2.32. The molecule has 0 bridgehead atoms.